The second-order valence-corrected chi connectivity index (χ2v) is 11.9. The summed E-state index contributed by atoms with van der Waals surface area (Å²) in [6.07, 6.45) is 2.58. The molecule has 0 saturated carbocycles. The quantitative estimate of drug-likeness (QED) is 0.554. The van der Waals surface area contributed by atoms with Crippen LogP contribution in [0.15, 0.2) is 47.4 Å². The van der Waals surface area contributed by atoms with Gasteiger partial charge in [0, 0.05) is 23.6 Å². The molecule has 9 heteroatoms. The monoisotopic (exact) mass is 506 g/mol. The summed E-state index contributed by atoms with van der Waals surface area (Å²) >= 11 is 6.43. The van der Waals surface area contributed by atoms with E-state index in [9.17, 15) is 13.2 Å². The van der Waals surface area contributed by atoms with Gasteiger partial charge in [0.1, 0.15) is 17.5 Å². The number of fused-ring (bicyclic) bond motifs is 2. The van der Waals surface area contributed by atoms with Crippen molar-refractivity contribution in [1.29, 1.82) is 0 Å². The van der Waals surface area contributed by atoms with E-state index in [1.807, 2.05) is 11.6 Å². The Labute approximate surface area is 206 Å². The van der Waals surface area contributed by atoms with E-state index in [0.717, 1.165) is 24.8 Å². The zero-order valence-corrected chi connectivity index (χ0v) is 21.4. The SMILES string of the molecule is Cc1ccc(S(=O)(=O)NC(=O)NCc2c(Cl)cccc2O[C@@H]2C[C@@]3(C(C)C)CC[C@@]2(C)O3)cc1. The molecule has 2 heterocycles. The second-order valence-electron chi connectivity index (χ2n) is 9.76. The van der Waals surface area contributed by atoms with Gasteiger partial charge in [0.05, 0.1) is 10.5 Å². The van der Waals surface area contributed by atoms with Crippen LogP contribution in [-0.4, -0.2) is 31.8 Å². The Balaban J connectivity index is 1.45. The lowest BCUT2D eigenvalue weighted by atomic mass is 9.75. The number of aryl methyl sites for hydroxylation is 1. The predicted octanol–water partition coefficient (Wildman–Crippen LogP) is 4.95. The predicted molar refractivity (Wildman–Crippen MR) is 131 cm³/mol. The van der Waals surface area contributed by atoms with Crippen LogP contribution in [0, 0.1) is 12.8 Å². The zero-order valence-electron chi connectivity index (χ0n) is 19.9. The molecule has 2 N–H and O–H groups in total. The first-order valence-electron chi connectivity index (χ1n) is 11.5. The molecule has 34 heavy (non-hydrogen) atoms. The molecular formula is C25H31ClN2O5S. The lowest BCUT2D eigenvalue weighted by Crippen LogP contribution is -2.41. The number of sulfonamides is 1. The van der Waals surface area contributed by atoms with E-state index in [1.54, 1.807) is 30.3 Å². The third-order valence-electron chi connectivity index (χ3n) is 7.07. The molecule has 3 atom stereocenters. The highest BCUT2D eigenvalue weighted by molar-refractivity contribution is 7.90. The van der Waals surface area contributed by atoms with Gasteiger partial charge < -0.3 is 14.8 Å². The van der Waals surface area contributed by atoms with Crippen molar-refractivity contribution in [1.82, 2.24) is 10.0 Å². The van der Waals surface area contributed by atoms with Crippen LogP contribution in [0.4, 0.5) is 4.79 Å². The van der Waals surface area contributed by atoms with Gasteiger partial charge in [-0.3, -0.25) is 0 Å². The van der Waals surface area contributed by atoms with Gasteiger partial charge in [-0.05, 0) is 56.9 Å². The number of hydrogen-bond acceptors (Lipinski definition) is 5. The summed E-state index contributed by atoms with van der Waals surface area (Å²) in [7, 11) is -3.99. The molecule has 0 spiro atoms. The standard InChI is InChI=1S/C25H31ClN2O5S/c1-16(2)25-13-12-24(4,33-25)22(14-25)32-21-7-5-6-20(26)19(21)15-27-23(29)28-34(30,31)18-10-8-17(3)9-11-18/h5-11,16,22H,12-15H2,1-4H3,(H2,27,28,29)/t22-,24-,25-/m1/s1. The Morgan fingerprint density at radius 2 is 1.91 bits per heavy atom. The summed E-state index contributed by atoms with van der Waals surface area (Å²) in [5, 5.41) is 3.01. The molecule has 2 saturated heterocycles. The van der Waals surface area contributed by atoms with Crippen LogP contribution in [-0.2, 0) is 21.3 Å². The summed E-state index contributed by atoms with van der Waals surface area (Å²) in [6, 6.07) is 10.7. The first-order valence-corrected chi connectivity index (χ1v) is 13.3. The molecule has 2 bridgehead atoms. The third kappa shape index (κ3) is 4.76. The molecule has 2 aromatic rings. The van der Waals surface area contributed by atoms with Gasteiger partial charge in [-0.1, -0.05) is 49.2 Å². The number of rotatable bonds is 7. The minimum absolute atomic E-state index is 0.00384. The van der Waals surface area contributed by atoms with Gasteiger partial charge in [0.25, 0.3) is 10.0 Å². The normalized spacial score (nSPS) is 26.0. The van der Waals surface area contributed by atoms with Gasteiger partial charge in [-0.15, -0.1) is 0 Å². The first kappa shape index (κ1) is 24.8. The Kier molecular flexibility index (Phi) is 6.61. The fourth-order valence-electron chi connectivity index (χ4n) is 4.81. The average Bonchev–Trinajstić information content (AvgIpc) is 3.25. The lowest BCUT2D eigenvalue weighted by molar-refractivity contribution is -0.0770. The Morgan fingerprint density at radius 3 is 2.56 bits per heavy atom. The molecule has 0 radical (unpaired) electrons. The Bertz CT molecular complexity index is 1180. The van der Waals surface area contributed by atoms with E-state index >= 15 is 0 Å². The zero-order chi connectivity index (χ0) is 24.7. The third-order valence-corrected chi connectivity index (χ3v) is 8.78. The van der Waals surface area contributed by atoms with Crippen molar-refractivity contribution in [3.63, 3.8) is 0 Å². The number of ether oxygens (including phenoxy) is 2. The molecule has 2 aromatic carbocycles. The van der Waals surface area contributed by atoms with Crippen molar-refractivity contribution < 1.29 is 22.7 Å². The molecule has 184 valence electrons. The molecule has 2 amide bonds. The summed E-state index contributed by atoms with van der Waals surface area (Å²) in [4.78, 5) is 12.4. The number of benzene rings is 2. The number of nitrogens with one attached hydrogen (secondary N) is 2. The van der Waals surface area contributed by atoms with Crippen molar-refractivity contribution >= 4 is 27.7 Å². The van der Waals surface area contributed by atoms with Gasteiger partial charge in [-0.2, -0.15) is 0 Å². The first-order chi connectivity index (χ1) is 15.9. The fourth-order valence-corrected chi connectivity index (χ4v) is 5.97. The fraction of sp³-hybridized carbons (Fsp3) is 0.480. The summed E-state index contributed by atoms with van der Waals surface area (Å²) in [5.41, 5.74) is 0.943. The number of urea groups is 1. The van der Waals surface area contributed by atoms with Crippen molar-refractivity contribution in [2.45, 2.75) is 75.7 Å². The van der Waals surface area contributed by atoms with E-state index in [1.165, 1.54) is 12.1 Å². The molecule has 0 unspecified atom stereocenters. The van der Waals surface area contributed by atoms with E-state index in [0.29, 0.717) is 22.3 Å². The highest BCUT2D eigenvalue weighted by Crippen LogP contribution is 2.55. The summed E-state index contributed by atoms with van der Waals surface area (Å²) in [6.45, 7) is 8.29. The number of hydrogen-bond donors (Lipinski definition) is 2. The van der Waals surface area contributed by atoms with Gasteiger partial charge in [0.15, 0.2) is 0 Å². The van der Waals surface area contributed by atoms with Crippen molar-refractivity contribution in [3.05, 3.63) is 58.6 Å². The highest BCUT2D eigenvalue weighted by Gasteiger charge is 2.61. The molecule has 2 aliphatic rings. The van der Waals surface area contributed by atoms with Crippen molar-refractivity contribution in [2.24, 2.45) is 5.92 Å². The maximum atomic E-state index is 12.5. The van der Waals surface area contributed by atoms with Crippen LogP contribution in [0.1, 0.15) is 51.2 Å². The summed E-state index contributed by atoms with van der Waals surface area (Å²) < 4.78 is 39.9. The van der Waals surface area contributed by atoms with E-state index < -0.39 is 16.1 Å². The van der Waals surface area contributed by atoms with Crippen LogP contribution >= 0.6 is 11.6 Å². The molecule has 0 aromatic heterocycles. The second kappa shape index (κ2) is 9.06. The Hall–Kier alpha value is -2.29. The van der Waals surface area contributed by atoms with Gasteiger partial charge >= 0.3 is 6.03 Å². The summed E-state index contributed by atoms with van der Waals surface area (Å²) in [5.74, 6) is 0.929. The van der Waals surface area contributed by atoms with E-state index in [4.69, 9.17) is 21.1 Å². The maximum absolute atomic E-state index is 12.5. The van der Waals surface area contributed by atoms with Crippen LogP contribution in [0.3, 0.4) is 0 Å². The van der Waals surface area contributed by atoms with Crippen LogP contribution in [0.5, 0.6) is 5.75 Å². The number of carbonyl (C=O) groups is 1. The lowest BCUT2D eigenvalue weighted by Gasteiger charge is -2.32. The van der Waals surface area contributed by atoms with Crippen LogP contribution < -0.4 is 14.8 Å². The molecule has 2 fully saturated rings. The Morgan fingerprint density at radius 1 is 1.21 bits per heavy atom. The minimum Gasteiger partial charge on any atom is -0.487 e. The highest BCUT2D eigenvalue weighted by atomic mass is 35.5. The maximum Gasteiger partial charge on any atom is 0.328 e. The number of carbonyl (C=O) groups excluding carboxylic acids is 1. The number of halogens is 1. The minimum atomic E-state index is -3.99. The van der Waals surface area contributed by atoms with E-state index in [2.05, 4.69) is 26.1 Å². The van der Waals surface area contributed by atoms with E-state index in [-0.39, 0.29) is 28.7 Å². The molecular weight excluding hydrogens is 476 g/mol. The molecule has 2 aliphatic heterocycles. The van der Waals surface area contributed by atoms with Crippen molar-refractivity contribution in [3.8, 4) is 5.75 Å². The molecule has 0 aliphatic carbocycles. The van der Waals surface area contributed by atoms with Gasteiger partial charge in [0.2, 0.25) is 0 Å². The number of amides is 2. The smallest absolute Gasteiger partial charge is 0.328 e. The van der Waals surface area contributed by atoms with Crippen LogP contribution in [0.25, 0.3) is 0 Å². The molecule has 4 rings (SSSR count). The molecule has 7 nitrogen and oxygen atoms in total. The van der Waals surface area contributed by atoms with Crippen LogP contribution in [0.2, 0.25) is 5.02 Å². The topological polar surface area (TPSA) is 93.7 Å². The van der Waals surface area contributed by atoms with Crippen molar-refractivity contribution in [2.75, 3.05) is 0 Å². The average molecular weight is 507 g/mol. The van der Waals surface area contributed by atoms with Gasteiger partial charge in [-0.25, -0.2) is 17.9 Å². The largest absolute Gasteiger partial charge is 0.487 e.